The molecule has 1 aliphatic rings. The van der Waals surface area contributed by atoms with Crippen LogP contribution in [0.4, 0.5) is 5.69 Å². The first kappa shape index (κ1) is 13.0. The first-order valence-electron chi connectivity index (χ1n) is 6.76. The van der Waals surface area contributed by atoms with Crippen molar-refractivity contribution in [2.24, 2.45) is 18.9 Å². The molecule has 0 aromatic carbocycles. The van der Waals surface area contributed by atoms with E-state index in [9.17, 15) is 4.79 Å². The van der Waals surface area contributed by atoms with E-state index in [1.807, 2.05) is 7.05 Å². The molecule has 0 saturated heterocycles. The van der Waals surface area contributed by atoms with Crippen molar-refractivity contribution in [2.75, 3.05) is 12.3 Å². The Morgan fingerprint density at radius 1 is 1.44 bits per heavy atom. The predicted octanol–water partition coefficient (Wildman–Crippen LogP) is 2.16. The van der Waals surface area contributed by atoms with Gasteiger partial charge in [-0.1, -0.05) is 19.8 Å². The van der Waals surface area contributed by atoms with Gasteiger partial charge in [-0.05, 0) is 30.7 Å². The summed E-state index contributed by atoms with van der Waals surface area (Å²) in [5.74, 6) is 1.47. The van der Waals surface area contributed by atoms with E-state index in [0.717, 1.165) is 12.5 Å². The number of amides is 1. The Morgan fingerprint density at radius 3 is 2.67 bits per heavy atom. The molecule has 0 radical (unpaired) electrons. The van der Waals surface area contributed by atoms with Crippen LogP contribution < -0.4 is 11.1 Å². The number of hydrogen-bond donors (Lipinski definition) is 2. The lowest BCUT2D eigenvalue weighted by Crippen LogP contribution is -2.32. The van der Waals surface area contributed by atoms with E-state index < -0.39 is 0 Å². The first-order chi connectivity index (χ1) is 8.56. The molecule has 1 aromatic heterocycles. The van der Waals surface area contributed by atoms with Crippen molar-refractivity contribution in [3.8, 4) is 0 Å². The predicted molar refractivity (Wildman–Crippen MR) is 73.3 cm³/mol. The van der Waals surface area contributed by atoms with Gasteiger partial charge in [0.1, 0.15) is 5.69 Å². The summed E-state index contributed by atoms with van der Waals surface area (Å²) in [6.07, 6.45) is 6.81. The van der Waals surface area contributed by atoms with Gasteiger partial charge in [-0.2, -0.15) is 0 Å². The number of carbonyl (C=O) groups excluding carboxylic acids is 1. The number of nitrogen functional groups attached to an aromatic ring is 1. The summed E-state index contributed by atoms with van der Waals surface area (Å²) in [6.45, 7) is 3.10. The van der Waals surface area contributed by atoms with Gasteiger partial charge < -0.3 is 15.6 Å². The molecule has 0 atom stereocenters. The molecule has 1 fully saturated rings. The minimum Gasteiger partial charge on any atom is -0.397 e. The maximum Gasteiger partial charge on any atom is 0.267 e. The average molecular weight is 249 g/mol. The minimum absolute atomic E-state index is 0.0205. The van der Waals surface area contributed by atoms with Crippen molar-refractivity contribution < 1.29 is 4.79 Å². The molecule has 0 spiro atoms. The molecular formula is C14H23N3O. The molecule has 100 valence electrons. The summed E-state index contributed by atoms with van der Waals surface area (Å²) in [4.78, 5) is 12.0. The third kappa shape index (κ3) is 3.06. The number of rotatable bonds is 3. The van der Waals surface area contributed by atoms with Gasteiger partial charge in [0.05, 0.1) is 5.69 Å². The highest BCUT2D eigenvalue weighted by molar-refractivity contribution is 5.93. The Labute approximate surface area is 109 Å². The first-order valence-corrected chi connectivity index (χ1v) is 6.76. The molecule has 2 rings (SSSR count). The number of nitrogens with two attached hydrogens (primary N) is 1. The van der Waals surface area contributed by atoms with E-state index in [2.05, 4.69) is 12.2 Å². The lowest BCUT2D eigenvalue weighted by Gasteiger charge is -2.26. The maximum atomic E-state index is 12.0. The number of aryl methyl sites for hydroxylation is 1. The van der Waals surface area contributed by atoms with E-state index in [4.69, 9.17) is 5.73 Å². The molecule has 1 aromatic rings. The third-order valence-electron chi connectivity index (χ3n) is 3.95. The molecule has 1 heterocycles. The maximum absolute atomic E-state index is 12.0. The van der Waals surface area contributed by atoms with Crippen molar-refractivity contribution in [3.63, 3.8) is 0 Å². The molecule has 1 saturated carbocycles. The van der Waals surface area contributed by atoms with E-state index >= 15 is 0 Å². The Morgan fingerprint density at radius 2 is 2.11 bits per heavy atom. The highest BCUT2D eigenvalue weighted by Crippen LogP contribution is 2.27. The van der Waals surface area contributed by atoms with E-state index in [1.54, 1.807) is 16.8 Å². The Hall–Kier alpha value is -1.45. The van der Waals surface area contributed by atoms with Crippen LogP contribution in [0.25, 0.3) is 0 Å². The fourth-order valence-corrected chi connectivity index (χ4v) is 2.68. The monoisotopic (exact) mass is 249 g/mol. The second kappa shape index (κ2) is 5.46. The molecule has 0 aliphatic heterocycles. The van der Waals surface area contributed by atoms with Crippen LogP contribution in [0.1, 0.15) is 43.1 Å². The zero-order chi connectivity index (χ0) is 13.1. The summed E-state index contributed by atoms with van der Waals surface area (Å²) in [5, 5.41) is 3.02. The summed E-state index contributed by atoms with van der Waals surface area (Å²) in [6, 6.07) is 1.72. The fraction of sp³-hybridized carbons (Fsp3) is 0.643. The van der Waals surface area contributed by atoms with Gasteiger partial charge in [0, 0.05) is 19.8 Å². The topological polar surface area (TPSA) is 60.1 Å². The van der Waals surface area contributed by atoms with Gasteiger partial charge in [-0.3, -0.25) is 4.79 Å². The van der Waals surface area contributed by atoms with Gasteiger partial charge in [0.2, 0.25) is 0 Å². The average Bonchev–Trinajstić information content (AvgIpc) is 2.67. The van der Waals surface area contributed by atoms with Crippen molar-refractivity contribution >= 4 is 11.6 Å². The van der Waals surface area contributed by atoms with Crippen molar-refractivity contribution in [3.05, 3.63) is 18.0 Å². The lowest BCUT2D eigenvalue weighted by atomic mass is 9.83. The van der Waals surface area contributed by atoms with E-state index in [-0.39, 0.29) is 5.91 Å². The van der Waals surface area contributed by atoms with Crippen LogP contribution in [0.5, 0.6) is 0 Å². The van der Waals surface area contributed by atoms with Gasteiger partial charge in [-0.25, -0.2) is 0 Å². The Bertz CT molecular complexity index is 417. The zero-order valence-electron chi connectivity index (χ0n) is 11.3. The highest BCUT2D eigenvalue weighted by atomic mass is 16.1. The standard InChI is InChI=1S/C14H23N3O/c1-10-3-5-11(6-4-10)8-16-14(18)13-7-12(15)9-17(13)2/h7,9-11H,3-6,8,15H2,1-2H3,(H,16,18). The second-order valence-corrected chi connectivity index (χ2v) is 5.61. The van der Waals surface area contributed by atoms with Crippen LogP contribution in [0.15, 0.2) is 12.3 Å². The number of nitrogens with one attached hydrogen (secondary N) is 1. The van der Waals surface area contributed by atoms with Crippen LogP contribution in [0, 0.1) is 11.8 Å². The number of hydrogen-bond acceptors (Lipinski definition) is 2. The normalized spacial score (nSPS) is 23.9. The van der Waals surface area contributed by atoms with Crippen molar-refractivity contribution in [1.82, 2.24) is 9.88 Å². The second-order valence-electron chi connectivity index (χ2n) is 5.61. The van der Waals surface area contributed by atoms with Gasteiger partial charge in [0.15, 0.2) is 0 Å². The Balaban J connectivity index is 1.83. The summed E-state index contributed by atoms with van der Waals surface area (Å²) in [5.41, 5.74) is 6.94. The lowest BCUT2D eigenvalue weighted by molar-refractivity contribution is 0.0934. The van der Waals surface area contributed by atoms with Crippen LogP contribution in [-0.2, 0) is 7.05 Å². The molecular weight excluding hydrogens is 226 g/mol. The van der Waals surface area contributed by atoms with Gasteiger partial charge >= 0.3 is 0 Å². The van der Waals surface area contributed by atoms with Crippen LogP contribution in [0.2, 0.25) is 0 Å². The number of carbonyl (C=O) groups is 1. The van der Waals surface area contributed by atoms with E-state index in [1.165, 1.54) is 25.7 Å². The Kier molecular flexibility index (Phi) is 3.94. The van der Waals surface area contributed by atoms with Crippen LogP contribution in [-0.4, -0.2) is 17.0 Å². The molecule has 4 nitrogen and oxygen atoms in total. The fourth-order valence-electron chi connectivity index (χ4n) is 2.68. The van der Waals surface area contributed by atoms with Gasteiger partial charge in [-0.15, -0.1) is 0 Å². The highest BCUT2D eigenvalue weighted by Gasteiger charge is 2.19. The largest absolute Gasteiger partial charge is 0.397 e. The third-order valence-corrected chi connectivity index (χ3v) is 3.95. The smallest absolute Gasteiger partial charge is 0.267 e. The number of aromatic nitrogens is 1. The molecule has 1 aliphatic carbocycles. The number of anilines is 1. The SMILES string of the molecule is CC1CCC(CNC(=O)c2cc(N)cn2C)CC1. The molecule has 18 heavy (non-hydrogen) atoms. The quantitative estimate of drug-likeness (QED) is 0.862. The number of nitrogens with zero attached hydrogens (tertiary/aromatic N) is 1. The van der Waals surface area contributed by atoms with Crippen LogP contribution in [0.3, 0.4) is 0 Å². The zero-order valence-corrected chi connectivity index (χ0v) is 11.3. The van der Waals surface area contributed by atoms with Gasteiger partial charge in [0.25, 0.3) is 5.91 Å². The summed E-state index contributed by atoms with van der Waals surface area (Å²) < 4.78 is 1.77. The summed E-state index contributed by atoms with van der Waals surface area (Å²) in [7, 11) is 1.84. The molecule has 4 heteroatoms. The van der Waals surface area contributed by atoms with Crippen LogP contribution >= 0.6 is 0 Å². The molecule has 0 unspecified atom stereocenters. The van der Waals surface area contributed by atoms with Crippen molar-refractivity contribution in [2.45, 2.75) is 32.6 Å². The molecule has 1 amide bonds. The van der Waals surface area contributed by atoms with Crippen molar-refractivity contribution in [1.29, 1.82) is 0 Å². The molecule has 3 N–H and O–H groups in total. The van der Waals surface area contributed by atoms with E-state index in [0.29, 0.717) is 17.3 Å². The molecule has 0 bridgehead atoms. The minimum atomic E-state index is -0.0205. The summed E-state index contributed by atoms with van der Waals surface area (Å²) >= 11 is 0.